The van der Waals surface area contributed by atoms with Gasteiger partial charge in [0.1, 0.15) is 5.82 Å². The van der Waals surface area contributed by atoms with Crippen LogP contribution in [-0.2, 0) is 22.6 Å². The standard InChI is InChI=1S/C22H22ClFN4O2S/c23-15-2-1-14(18(24)8-15)7-20(29)27-21-9-16-17(22(25)30)11-28(12-19(16)31-21)10-13-3-5-26-6-4-13/h1-6,8,12,16-17,21H,7,9-11H2,(H2,25,30)(H,27,29). The number of hydrogen-bond donors (Lipinski definition) is 2. The number of hydrogen-bond acceptors (Lipinski definition) is 5. The molecule has 2 aromatic rings. The summed E-state index contributed by atoms with van der Waals surface area (Å²) in [6.07, 6.45) is 6.07. The van der Waals surface area contributed by atoms with Gasteiger partial charge in [0.2, 0.25) is 11.8 Å². The maximum atomic E-state index is 14.0. The van der Waals surface area contributed by atoms with E-state index in [9.17, 15) is 14.0 Å². The highest BCUT2D eigenvalue weighted by molar-refractivity contribution is 8.03. The Kier molecular flexibility index (Phi) is 6.48. The number of amides is 2. The molecule has 0 saturated carbocycles. The van der Waals surface area contributed by atoms with Gasteiger partial charge in [-0.3, -0.25) is 14.6 Å². The molecule has 1 saturated heterocycles. The van der Waals surface area contributed by atoms with Gasteiger partial charge >= 0.3 is 0 Å². The van der Waals surface area contributed by atoms with Crippen LogP contribution in [0.15, 0.2) is 53.8 Å². The van der Waals surface area contributed by atoms with Crippen molar-refractivity contribution in [3.63, 3.8) is 0 Å². The third kappa shape index (κ3) is 5.19. The molecule has 0 aliphatic carbocycles. The number of carbonyl (C=O) groups excluding carboxylic acids is 2. The normalized spacial score (nSPS) is 22.6. The Hall–Kier alpha value is -2.58. The first kappa shape index (κ1) is 21.6. The molecule has 2 amide bonds. The summed E-state index contributed by atoms with van der Waals surface area (Å²) in [5.41, 5.74) is 7.09. The summed E-state index contributed by atoms with van der Waals surface area (Å²) < 4.78 is 14.0. The molecule has 1 aromatic heterocycles. The molecule has 3 unspecified atom stereocenters. The number of pyridine rings is 1. The maximum Gasteiger partial charge on any atom is 0.225 e. The van der Waals surface area contributed by atoms with Crippen LogP contribution in [0, 0.1) is 17.7 Å². The molecule has 0 radical (unpaired) electrons. The fourth-order valence-electron chi connectivity index (χ4n) is 4.03. The largest absolute Gasteiger partial charge is 0.372 e. The van der Waals surface area contributed by atoms with Gasteiger partial charge in [0.15, 0.2) is 0 Å². The Labute approximate surface area is 189 Å². The van der Waals surface area contributed by atoms with Crippen LogP contribution in [0.25, 0.3) is 0 Å². The van der Waals surface area contributed by atoms with Crippen LogP contribution in [0.3, 0.4) is 0 Å². The van der Waals surface area contributed by atoms with Gasteiger partial charge in [-0.15, -0.1) is 11.8 Å². The highest BCUT2D eigenvalue weighted by atomic mass is 35.5. The fourth-order valence-corrected chi connectivity index (χ4v) is 5.65. The highest BCUT2D eigenvalue weighted by Gasteiger charge is 2.42. The summed E-state index contributed by atoms with van der Waals surface area (Å²) in [7, 11) is 0. The number of nitrogens with one attached hydrogen (secondary N) is 1. The van der Waals surface area contributed by atoms with Crippen molar-refractivity contribution in [1.29, 1.82) is 0 Å². The number of rotatable bonds is 6. The molecule has 1 fully saturated rings. The quantitative estimate of drug-likeness (QED) is 0.691. The molecule has 3 atom stereocenters. The average Bonchev–Trinajstić information content (AvgIpc) is 3.12. The van der Waals surface area contributed by atoms with Crippen LogP contribution in [-0.4, -0.2) is 33.6 Å². The predicted molar refractivity (Wildman–Crippen MR) is 118 cm³/mol. The summed E-state index contributed by atoms with van der Waals surface area (Å²) >= 11 is 7.30. The van der Waals surface area contributed by atoms with Gasteiger partial charge in [-0.25, -0.2) is 4.39 Å². The average molecular weight is 461 g/mol. The first-order chi connectivity index (χ1) is 14.9. The highest BCUT2D eigenvalue weighted by Crippen LogP contribution is 2.47. The summed E-state index contributed by atoms with van der Waals surface area (Å²) in [5.74, 6) is -1.47. The Morgan fingerprint density at radius 2 is 2.06 bits per heavy atom. The van der Waals surface area contributed by atoms with Crippen LogP contribution in [0.1, 0.15) is 17.5 Å². The van der Waals surface area contributed by atoms with Crippen LogP contribution in [0.5, 0.6) is 0 Å². The molecule has 9 heteroatoms. The minimum absolute atomic E-state index is 0.0197. The van der Waals surface area contributed by atoms with E-state index in [1.54, 1.807) is 18.5 Å². The monoisotopic (exact) mass is 460 g/mol. The third-order valence-electron chi connectivity index (χ3n) is 5.53. The Balaban J connectivity index is 1.43. The molecular weight excluding hydrogens is 439 g/mol. The van der Waals surface area contributed by atoms with Gasteiger partial charge in [-0.05, 0) is 41.8 Å². The van der Waals surface area contributed by atoms with E-state index < -0.39 is 5.82 Å². The number of nitrogens with zero attached hydrogens (tertiary/aromatic N) is 2. The van der Waals surface area contributed by atoms with Gasteiger partial charge in [0.25, 0.3) is 0 Å². The molecule has 0 spiro atoms. The molecule has 1 aromatic carbocycles. The lowest BCUT2D eigenvalue weighted by atomic mass is 9.86. The molecule has 2 aliphatic rings. The third-order valence-corrected chi connectivity index (χ3v) is 7.04. The van der Waals surface area contributed by atoms with Crippen LogP contribution < -0.4 is 11.1 Å². The van der Waals surface area contributed by atoms with Crippen molar-refractivity contribution < 1.29 is 14.0 Å². The van der Waals surface area contributed by atoms with Crippen molar-refractivity contribution in [2.45, 2.75) is 24.8 Å². The molecular formula is C22H22ClFN4O2S. The summed E-state index contributed by atoms with van der Waals surface area (Å²) in [6.45, 7) is 1.18. The van der Waals surface area contributed by atoms with Crippen LogP contribution in [0.4, 0.5) is 4.39 Å². The van der Waals surface area contributed by atoms with Gasteiger partial charge in [0, 0.05) is 47.5 Å². The van der Waals surface area contributed by atoms with Crippen molar-refractivity contribution in [3.05, 3.63) is 75.8 Å². The van der Waals surface area contributed by atoms with Crippen molar-refractivity contribution in [2.75, 3.05) is 6.54 Å². The lowest BCUT2D eigenvalue weighted by Gasteiger charge is -2.34. The Morgan fingerprint density at radius 3 is 2.77 bits per heavy atom. The summed E-state index contributed by atoms with van der Waals surface area (Å²) in [5, 5.41) is 3.05. The predicted octanol–water partition coefficient (Wildman–Crippen LogP) is 3.07. The van der Waals surface area contributed by atoms with Crippen molar-refractivity contribution >= 4 is 35.2 Å². The van der Waals surface area contributed by atoms with Gasteiger partial charge in [0.05, 0.1) is 17.7 Å². The fraction of sp³-hybridized carbons (Fsp3) is 0.318. The number of halogens is 2. The second kappa shape index (κ2) is 9.28. The first-order valence-electron chi connectivity index (χ1n) is 9.93. The molecule has 3 N–H and O–H groups in total. The number of nitrogens with two attached hydrogens (primary N) is 1. The molecule has 162 valence electrons. The SMILES string of the molecule is NC(=O)C1CN(Cc2ccncc2)C=C2SC(NC(=O)Cc3ccc(Cl)cc3F)CC21. The van der Waals surface area contributed by atoms with Crippen LogP contribution in [0.2, 0.25) is 5.02 Å². The van der Waals surface area contributed by atoms with E-state index in [1.807, 2.05) is 12.1 Å². The van der Waals surface area contributed by atoms with Crippen molar-refractivity contribution in [1.82, 2.24) is 15.2 Å². The maximum absolute atomic E-state index is 14.0. The number of aromatic nitrogens is 1. The zero-order valence-electron chi connectivity index (χ0n) is 16.6. The second-order valence-electron chi connectivity index (χ2n) is 7.75. The van der Waals surface area contributed by atoms with Crippen molar-refractivity contribution in [2.24, 2.45) is 17.6 Å². The number of carbonyl (C=O) groups is 2. The lowest BCUT2D eigenvalue weighted by molar-refractivity contribution is -0.123. The topological polar surface area (TPSA) is 88.3 Å². The van der Waals surface area contributed by atoms with E-state index in [-0.39, 0.29) is 40.5 Å². The molecule has 0 bridgehead atoms. The van der Waals surface area contributed by atoms with Gasteiger partial charge in [-0.1, -0.05) is 17.7 Å². The number of allylic oxidation sites excluding steroid dienone is 1. The lowest BCUT2D eigenvalue weighted by Crippen LogP contribution is -2.41. The van der Waals surface area contributed by atoms with E-state index in [0.717, 1.165) is 10.5 Å². The number of thioether (sulfide) groups is 1. The zero-order valence-corrected chi connectivity index (χ0v) is 18.2. The molecule has 6 nitrogen and oxygen atoms in total. The molecule has 3 heterocycles. The van der Waals surface area contributed by atoms with Gasteiger partial charge < -0.3 is 16.0 Å². The smallest absolute Gasteiger partial charge is 0.225 e. The molecule has 4 rings (SSSR count). The number of fused-ring (bicyclic) bond motifs is 1. The summed E-state index contributed by atoms with van der Waals surface area (Å²) in [4.78, 5) is 31.8. The Morgan fingerprint density at radius 1 is 1.29 bits per heavy atom. The van der Waals surface area contributed by atoms with Crippen molar-refractivity contribution in [3.8, 4) is 0 Å². The van der Waals surface area contributed by atoms with E-state index >= 15 is 0 Å². The van der Waals surface area contributed by atoms with E-state index in [1.165, 1.54) is 23.9 Å². The minimum atomic E-state index is -0.501. The van der Waals surface area contributed by atoms with Crippen LogP contribution >= 0.6 is 23.4 Å². The first-order valence-corrected chi connectivity index (χ1v) is 11.2. The molecule has 2 aliphatic heterocycles. The number of benzene rings is 1. The Bertz CT molecular complexity index is 1020. The summed E-state index contributed by atoms with van der Waals surface area (Å²) in [6, 6.07) is 8.14. The zero-order chi connectivity index (χ0) is 22.0. The minimum Gasteiger partial charge on any atom is -0.372 e. The van der Waals surface area contributed by atoms with Gasteiger partial charge in [-0.2, -0.15) is 0 Å². The second-order valence-corrected chi connectivity index (χ2v) is 9.47. The van der Waals surface area contributed by atoms with E-state index in [4.69, 9.17) is 17.3 Å². The van der Waals surface area contributed by atoms with E-state index in [2.05, 4.69) is 21.4 Å². The number of primary amides is 1. The van der Waals surface area contributed by atoms with E-state index in [0.29, 0.717) is 25.1 Å². The molecule has 31 heavy (non-hydrogen) atoms.